The molecule has 0 spiro atoms. The maximum Gasteiger partial charge on any atom is 0.512 e. The largest absolute Gasteiger partial charge is 1.00 e. The lowest BCUT2D eigenvalue weighted by Crippen LogP contribution is -3.00. The van der Waals surface area contributed by atoms with Crippen LogP contribution >= 0.6 is 0 Å². The zero-order valence-corrected chi connectivity index (χ0v) is 10.4. The van der Waals surface area contributed by atoms with Crippen LogP contribution in [0.5, 0.6) is 0 Å². The Bertz CT molecular complexity index is 123. The van der Waals surface area contributed by atoms with Gasteiger partial charge in [-0.3, -0.25) is 0 Å². The summed E-state index contributed by atoms with van der Waals surface area (Å²) in [4.78, 5) is 10.8. The van der Waals surface area contributed by atoms with E-state index >= 15 is 0 Å². The molecule has 0 aromatic heterocycles. The summed E-state index contributed by atoms with van der Waals surface area (Å²) in [6, 6.07) is 0. The molecule has 0 aromatic rings. The molecule has 0 aliphatic heterocycles. The number of unbranched alkanes of at least 4 members (excludes halogenated alkanes) is 3. The number of carbonyl (C=O) groups is 1. The van der Waals surface area contributed by atoms with Gasteiger partial charge in [-0.1, -0.05) is 19.8 Å². The lowest BCUT2D eigenvalue weighted by Gasteiger charge is -1.98. The van der Waals surface area contributed by atoms with E-state index in [-0.39, 0.29) is 30.9 Å². The molecule has 0 radical (unpaired) electrons. The van der Waals surface area contributed by atoms with Gasteiger partial charge in [0.2, 0.25) is 0 Å². The van der Waals surface area contributed by atoms with Crippen molar-refractivity contribution in [1.82, 2.24) is 0 Å². The van der Waals surface area contributed by atoms with Gasteiger partial charge in [0, 0.05) is 0 Å². The Morgan fingerprint density at radius 1 is 1.14 bits per heavy atom. The molecule has 3 nitrogen and oxygen atoms in total. The number of amides is 1. The highest BCUT2D eigenvalue weighted by Crippen LogP contribution is 1.95. The zero-order valence-electron chi connectivity index (χ0n) is 8.89. The molecule has 0 saturated heterocycles. The first kappa shape index (κ1) is 19.6. The van der Waals surface area contributed by atoms with Crippen LogP contribution in [0.15, 0.2) is 0 Å². The van der Waals surface area contributed by atoms with Crippen molar-refractivity contribution < 1.29 is 39.7 Å². The van der Waals surface area contributed by atoms with E-state index in [1.54, 1.807) is 5.32 Å². The van der Waals surface area contributed by atoms with Crippen molar-refractivity contribution in [2.75, 3.05) is 13.2 Å². The van der Waals surface area contributed by atoms with Crippen molar-refractivity contribution in [3.05, 3.63) is 0 Å². The van der Waals surface area contributed by atoms with Crippen LogP contribution in [0, 0.1) is 0 Å². The molecular weight excluding hydrogens is 225 g/mol. The lowest BCUT2D eigenvalue weighted by molar-refractivity contribution is -0.570. The van der Waals surface area contributed by atoms with Gasteiger partial charge in [0.25, 0.3) is 0 Å². The summed E-state index contributed by atoms with van der Waals surface area (Å²) < 4.78 is 4.75. The Kier molecular flexibility index (Phi) is 21.6. The lowest BCUT2D eigenvalue weighted by atomic mass is 10.2. The summed E-state index contributed by atoms with van der Waals surface area (Å²) in [5.74, 6) is 0. The normalized spacial score (nSPS) is 8.43. The fourth-order valence-electron chi connectivity index (χ4n) is 0.992. The topological polar surface area (TPSA) is 42.9 Å². The molecule has 14 heavy (non-hydrogen) atoms. The van der Waals surface area contributed by atoms with E-state index in [1.807, 2.05) is 6.92 Å². The highest BCUT2D eigenvalue weighted by atomic mass is 35.5. The molecular formula is C9H20Cl2NO2-. The third kappa shape index (κ3) is 14.5. The predicted molar refractivity (Wildman–Crippen MR) is 48.0 cm³/mol. The molecule has 88 valence electrons. The minimum absolute atomic E-state index is 0. The van der Waals surface area contributed by atoms with Crippen molar-refractivity contribution in [3.63, 3.8) is 0 Å². The molecule has 0 saturated carbocycles. The van der Waals surface area contributed by atoms with Crippen molar-refractivity contribution in [1.29, 1.82) is 0 Å². The van der Waals surface area contributed by atoms with Crippen LogP contribution in [0.2, 0.25) is 0 Å². The highest BCUT2D eigenvalue weighted by Gasteiger charge is 2.03. The smallest absolute Gasteiger partial charge is 0.512 e. The molecule has 0 bridgehead atoms. The van der Waals surface area contributed by atoms with Gasteiger partial charge >= 0.3 is 6.09 Å². The van der Waals surface area contributed by atoms with E-state index < -0.39 is 0 Å². The number of nitrogens with two attached hydrogens (primary N) is 1. The van der Waals surface area contributed by atoms with E-state index in [0.29, 0.717) is 6.61 Å². The van der Waals surface area contributed by atoms with E-state index in [4.69, 9.17) is 4.74 Å². The molecule has 0 heterocycles. The maximum atomic E-state index is 10.8. The van der Waals surface area contributed by atoms with Gasteiger partial charge in [-0.05, 0) is 19.8 Å². The van der Waals surface area contributed by atoms with Crippen LogP contribution in [0.1, 0.15) is 39.5 Å². The van der Waals surface area contributed by atoms with Crippen LogP contribution in [0.25, 0.3) is 0 Å². The van der Waals surface area contributed by atoms with Crippen LogP contribution in [-0.2, 0) is 4.74 Å². The summed E-state index contributed by atoms with van der Waals surface area (Å²) in [5, 5.41) is 1.64. The minimum atomic E-state index is -0.172. The van der Waals surface area contributed by atoms with Crippen LogP contribution < -0.4 is 30.1 Å². The fraction of sp³-hybridized carbons (Fsp3) is 0.889. The third-order valence-electron chi connectivity index (χ3n) is 1.66. The average Bonchev–Trinajstić information content (AvgIpc) is 2.05. The first-order valence-electron chi connectivity index (χ1n) is 4.81. The van der Waals surface area contributed by atoms with Gasteiger partial charge in [-0.2, -0.15) is 4.79 Å². The second-order valence-corrected chi connectivity index (χ2v) is 2.81. The standard InChI is InChI=1S/C9H19NO2.2ClH/c1-3-5-6-7-8-10-9(11)12-4-2;;/h3-8H2,1-2H3,(H,10,11);2*1H/p-1. The SMILES string of the molecule is CCCCCC[NH2+]C(=O)OCC.[Cl-].[Cl-]. The number of hydrogen-bond donors (Lipinski definition) is 1. The monoisotopic (exact) mass is 244 g/mol. The van der Waals surface area contributed by atoms with Crippen molar-refractivity contribution in [2.45, 2.75) is 39.5 Å². The second-order valence-electron chi connectivity index (χ2n) is 2.81. The molecule has 1 amide bonds. The zero-order chi connectivity index (χ0) is 9.23. The summed E-state index contributed by atoms with van der Waals surface area (Å²) in [6.07, 6.45) is 4.64. The number of halogens is 2. The molecule has 5 heteroatoms. The van der Waals surface area contributed by atoms with Gasteiger partial charge < -0.3 is 29.6 Å². The van der Waals surface area contributed by atoms with Crippen molar-refractivity contribution in [2.24, 2.45) is 0 Å². The average molecular weight is 245 g/mol. The Morgan fingerprint density at radius 3 is 2.29 bits per heavy atom. The van der Waals surface area contributed by atoms with Crippen LogP contribution in [0.4, 0.5) is 4.79 Å². The molecule has 2 N–H and O–H groups in total. The predicted octanol–water partition coefficient (Wildman–Crippen LogP) is -4.71. The first-order chi connectivity index (χ1) is 5.81. The quantitative estimate of drug-likeness (QED) is 0.478. The summed E-state index contributed by atoms with van der Waals surface area (Å²) in [7, 11) is 0. The molecule has 0 aromatic carbocycles. The maximum absolute atomic E-state index is 10.8. The number of primary amides is 1. The molecule has 0 aliphatic rings. The number of hydrogen-bond acceptors (Lipinski definition) is 2. The Hall–Kier alpha value is 0.01000. The summed E-state index contributed by atoms with van der Waals surface area (Å²) in [6.45, 7) is 5.33. The Balaban J connectivity index is -0.000000605. The van der Waals surface area contributed by atoms with Gasteiger partial charge in [0.1, 0.15) is 0 Å². The fourth-order valence-corrected chi connectivity index (χ4v) is 0.992. The molecule has 0 rings (SSSR count). The molecule has 0 unspecified atom stereocenters. The van der Waals surface area contributed by atoms with E-state index in [2.05, 4.69) is 6.92 Å². The van der Waals surface area contributed by atoms with E-state index in [9.17, 15) is 4.79 Å². The van der Waals surface area contributed by atoms with Crippen molar-refractivity contribution in [3.8, 4) is 0 Å². The molecule has 0 atom stereocenters. The Morgan fingerprint density at radius 2 is 1.79 bits per heavy atom. The second kappa shape index (κ2) is 15.5. The van der Waals surface area contributed by atoms with Gasteiger partial charge in [-0.15, -0.1) is 0 Å². The molecule has 0 aliphatic carbocycles. The van der Waals surface area contributed by atoms with E-state index in [0.717, 1.165) is 13.0 Å². The molecule has 0 fully saturated rings. The van der Waals surface area contributed by atoms with Crippen molar-refractivity contribution >= 4 is 6.09 Å². The first-order valence-corrected chi connectivity index (χ1v) is 4.81. The highest BCUT2D eigenvalue weighted by molar-refractivity contribution is 5.55. The summed E-state index contributed by atoms with van der Waals surface area (Å²) in [5.41, 5.74) is 0. The number of carbonyl (C=O) groups excluding carboxylic acids is 1. The van der Waals surface area contributed by atoms with E-state index in [1.165, 1.54) is 19.3 Å². The van der Waals surface area contributed by atoms with Crippen LogP contribution in [0.3, 0.4) is 0 Å². The van der Waals surface area contributed by atoms with Crippen LogP contribution in [-0.4, -0.2) is 19.2 Å². The Labute approximate surface area is 98.8 Å². The number of rotatable bonds is 6. The number of quaternary nitrogens is 1. The summed E-state index contributed by atoms with van der Waals surface area (Å²) >= 11 is 0. The van der Waals surface area contributed by atoms with Gasteiger partial charge in [0.15, 0.2) is 0 Å². The third-order valence-corrected chi connectivity index (χ3v) is 1.66. The van der Waals surface area contributed by atoms with Gasteiger partial charge in [0.05, 0.1) is 13.2 Å². The number of ether oxygens (including phenoxy) is 1. The van der Waals surface area contributed by atoms with Gasteiger partial charge in [-0.25, -0.2) is 5.32 Å². The minimum Gasteiger partial charge on any atom is -1.00 e.